The molecule has 1 aliphatic carbocycles. The highest BCUT2D eigenvalue weighted by Crippen LogP contribution is 2.26. The van der Waals surface area contributed by atoms with Crippen molar-refractivity contribution in [3.63, 3.8) is 0 Å². The van der Waals surface area contributed by atoms with Gasteiger partial charge in [0, 0.05) is 12.8 Å². The van der Waals surface area contributed by atoms with Crippen molar-refractivity contribution in [3.05, 3.63) is 29.6 Å². The first-order valence-corrected chi connectivity index (χ1v) is 7.53. The molecule has 1 aromatic rings. The van der Waals surface area contributed by atoms with Crippen LogP contribution in [0.5, 0.6) is 5.75 Å². The fraction of sp³-hybridized carbons (Fsp3) is 0.588. The molecule has 0 aliphatic heterocycles. The first-order chi connectivity index (χ1) is 9.69. The van der Waals surface area contributed by atoms with E-state index < -0.39 is 5.82 Å². The van der Waals surface area contributed by atoms with Gasteiger partial charge in [-0.05, 0) is 23.6 Å². The second kappa shape index (κ2) is 7.41. The maximum Gasteiger partial charge on any atom is 0.165 e. The van der Waals surface area contributed by atoms with Crippen LogP contribution in [-0.4, -0.2) is 12.9 Å². The molecule has 0 amide bonds. The van der Waals surface area contributed by atoms with Gasteiger partial charge in [-0.25, -0.2) is 4.39 Å². The van der Waals surface area contributed by atoms with Crippen molar-refractivity contribution in [2.75, 3.05) is 7.11 Å². The van der Waals surface area contributed by atoms with E-state index in [0.29, 0.717) is 18.8 Å². The number of methoxy groups -OCH3 is 1. The van der Waals surface area contributed by atoms with Crippen LogP contribution >= 0.6 is 0 Å². The summed E-state index contributed by atoms with van der Waals surface area (Å²) in [7, 11) is 1.44. The summed E-state index contributed by atoms with van der Waals surface area (Å²) in [6, 6.07) is 4.76. The molecule has 1 saturated carbocycles. The third-order valence-corrected chi connectivity index (χ3v) is 4.11. The summed E-state index contributed by atoms with van der Waals surface area (Å²) in [4.78, 5) is 12.1. The van der Waals surface area contributed by atoms with Gasteiger partial charge in [-0.1, -0.05) is 44.6 Å². The first-order valence-electron chi connectivity index (χ1n) is 7.53. The molecule has 0 heterocycles. The minimum Gasteiger partial charge on any atom is -0.494 e. The molecule has 110 valence electrons. The van der Waals surface area contributed by atoms with Crippen LogP contribution in [0.25, 0.3) is 0 Å². The lowest BCUT2D eigenvalue weighted by molar-refractivity contribution is -0.119. The third kappa shape index (κ3) is 4.32. The number of benzene rings is 1. The normalized spacial score (nSPS) is 16.7. The fourth-order valence-electron chi connectivity index (χ4n) is 3.01. The van der Waals surface area contributed by atoms with Crippen molar-refractivity contribution in [1.29, 1.82) is 0 Å². The van der Waals surface area contributed by atoms with Gasteiger partial charge in [-0.15, -0.1) is 0 Å². The van der Waals surface area contributed by atoms with Crippen LogP contribution < -0.4 is 4.74 Å². The van der Waals surface area contributed by atoms with E-state index in [4.69, 9.17) is 4.74 Å². The Morgan fingerprint density at radius 1 is 1.25 bits per heavy atom. The number of carbonyl (C=O) groups is 1. The smallest absolute Gasteiger partial charge is 0.165 e. The van der Waals surface area contributed by atoms with Gasteiger partial charge in [-0.3, -0.25) is 4.79 Å². The molecule has 2 rings (SSSR count). The van der Waals surface area contributed by atoms with E-state index in [-0.39, 0.29) is 11.5 Å². The molecule has 1 aliphatic rings. The van der Waals surface area contributed by atoms with Crippen molar-refractivity contribution < 1.29 is 13.9 Å². The SMILES string of the molecule is COc1ccc(CC(=O)CC2CCCCCC2)cc1F. The Labute approximate surface area is 120 Å². The molecule has 1 fully saturated rings. The van der Waals surface area contributed by atoms with E-state index in [2.05, 4.69) is 0 Å². The molecule has 0 bridgehead atoms. The molecular weight excluding hydrogens is 255 g/mol. The summed E-state index contributed by atoms with van der Waals surface area (Å²) in [5.74, 6) is 0.590. The number of carbonyl (C=O) groups excluding carboxylic acids is 1. The molecule has 2 nitrogen and oxygen atoms in total. The number of ether oxygens (including phenoxy) is 1. The van der Waals surface area contributed by atoms with E-state index in [0.717, 1.165) is 5.56 Å². The molecule has 0 spiro atoms. The molecule has 0 N–H and O–H groups in total. The van der Waals surface area contributed by atoms with E-state index in [1.807, 2.05) is 0 Å². The maximum absolute atomic E-state index is 13.6. The lowest BCUT2D eigenvalue weighted by Gasteiger charge is -2.13. The number of hydrogen-bond acceptors (Lipinski definition) is 2. The third-order valence-electron chi connectivity index (χ3n) is 4.11. The van der Waals surface area contributed by atoms with E-state index in [1.54, 1.807) is 12.1 Å². The Hall–Kier alpha value is -1.38. The van der Waals surface area contributed by atoms with E-state index in [9.17, 15) is 9.18 Å². The quantitative estimate of drug-likeness (QED) is 0.750. The molecular formula is C17H23FO2. The van der Waals surface area contributed by atoms with Crippen LogP contribution in [0.2, 0.25) is 0 Å². The molecule has 0 unspecified atom stereocenters. The second-order valence-electron chi connectivity index (χ2n) is 5.75. The lowest BCUT2D eigenvalue weighted by Crippen LogP contribution is -2.10. The molecule has 1 aromatic carbocycles. The van der Waals surface area contributed by atoms with Crippen LogP contribution in [0.15, 0.2) is 18.2 Å². The van der Waals surface area contributed by atoms with Crippen molar-refractivity contribution in [1.82, 2.24) is 0 Å². The first kappa shape index (κ1) is 15.0. The highest BCUT2D eigenvalue weighted by molar-refractivity contribution is 5.81. The molecule has 0 aromatic heterocycles. The van der Waals surface area contributed by atoms with Crippen molar-refractivity contribution in [2.24, 2.45) is 5.92 Å². The minimum atomic E-state index is -0.396. The Morgan fingerprint density at radius 2 is 1.95 bits per heavy atom. The van der Waals surface area contributed by atoms with Crippen molar-refractivity contribution in [2.45, 2.75) is 51.4 Å². The zero-order valence-corrected chi connectivity index (χ0v) is 12.2. The molecule has 0 radical (unpaired) electrons. The number of rotatable bonds is 5. The fourth-order valence-corrected chi connectivity index (χ4v) is 3.01. The molecule has 0 saturated heterocycles. The van der Waals surface area contributed by atoms with Crippen LogP contribution in [0.3, 0.4) is 0 Å². The van der Waals surface area contributed by atoms with Gasteiger partial charge >= 0.3 is 0 Å². The van der Waals surface area contributed by atoms with Gasteiger partial charge in [0.05, 0.1) is 7.11 Å². The van der Waals surface area contributed by atoms with Gasteiger partial charge < -0.3 is 4.74 Å². The number of ketones is 1. The highest BCUT2D eigenvalue weighted by atomic mass is 19.1. The topological polar surface area (TPSA) is 26.3 Å². The molecule has 3 heteroatoms. The Morgan fingerprint density at radius 3 is 2.55 bits per heavy atom. The number of Topliss-reactive ketones (excluding diaryl/α,β-unsaturated/α-hetero) is 1. The van der Waals surface area contributed by atoms with Gasteiger partial charge in [0.1, 0.15) is 5.78 Å². The van der Waals surface area contributed by atoms with Gasteiger partial charge in [0.2, 0.25) is 0 Å². The van der Waals surface area contributed by atoms with Crippen molar-refractivity contribution >= 4 is 5.78 Å². The van der Waals surface area contributed by atoms with Crippen LogP contribution in [0.1, 0.15) is 50.5 Å². The zero-order chi connectivity index (χ0) is 14.4. The molecule has 0 atom stereocenters. The summed E-state index contributed by atoms with van der Waals surface area (Å²) in [6.07, 6.45) is 8.41. The number of hydrogen-bond donors (Lipinski definition) is 0. The van der Waals surface area contributed by atoms with E-state index in [1.165, 1.54) is 51.7 Å². The molecule has 20 heavy (non-hydrogen) atoms. The van der Waals surface area contributed by atoms with Crippen LogP contribution in [-0.2, 0) is 11.2 Å². The minimum absolute atomic E-state index is 0.224. The van der Waals surface area contributed by atoms with Crippen molar-refractivity contribution in [3.8, 4) is 5.75 Å². The second-order valence-corrected chi connectivity index (χ2v) is 5.75. The standard InChI is InChI=1S/C17H23FO2/c1-20-17-9-8-14(12-16(17)18)11-15(19)10-13-6-4-2-3-5-7-13/h8-9,12-13H,2-7,10-11H2,1H3. The Bertz CT molecular complexity index is 448. The largest absolute Gasteiger partial charge is 0.494 e. The Balaban J connectivity index is 1.88. The van der Waals surface area contributed by atoms with E-state index >= 15 is 0 Å². The number of halogens is 1. The van der Waals surface area contributed by atoms with Crippen LogP contribution in [0.4, 0.5) is 4.39 Å². The van der Waals surface area contributed by atoms with Crippen LogP contribution in [0, 0.1) is 11.7 Å². The summed E-state index contributed by atoms with van der Waals surface area (Å²) >= 11 is 0. The monoisotopic (exact) mass is 278 g/mol. The predicted octanol–water partition coefficient (Wildman–Crippen LogP) is 4.31. The summed E-state index contributed by atoms with van der Waals surface area (Å²) < 4.78 is 18.5. The summed E-state index contributed by atoms with van der Waals surface area (Å²) in [5, 5.41) is 0. The van der Waals surface area contributed by atoms with Gasteiger partial charge in [-0.2, -0.15) is 0 Å². The highest BCUT2D eigenvalue weighted by Gasteiger charge is 2.16. The zero-order valence-electron chi connectivity index (χ0n) is 12.2. The average Bonchev–Trinajstić information content (AvgIpc) is 2.67. The predicted molar refractivity (Wildman–Crippen MR) is 77.5 cm³/mol. The average molecular weight is 278 g/mol. The summed E-state index contributed by atoms with van der Waals surface area (Å²) in [5.41, 5.74) is 0.738. The summed E-state index contributed by atoms with van der Waals surface area (Å²) in [6.45, 7) is 0. The maximum atomic E-state index is 13.6. The Kier molecular flexibility index (Phi) is 5.57. The van der Waals surface area contributed by atoms with Gasteiger partial charge in [0.15, 0.2) is 11.6 Å². The lowest BCUT2D eigenvalue weighted by atomic mass is 9.92. The van der Waals surface area contributed by atoms with Gasteiger partial charge in [0.25, 0.3) is 0 Å².